The highest BCUT2D eigenvalue weighted by atomic mass is 79.9. The van der Waals surface area contributed by atoms with E-state index in [0.717, 1.165) is 26.0 Å². The molecular formula is C14H11Br2ClN2O. The quantitative estimate of drug-likeness (QED) is 0.725. The van der Waals surface area contributed by atoms with Gasteiger partial charge in [-0.05, 0) is 56.1 Å². The first kappa shape index (κ1) is 14.3. The van der Waals surface area contributed by atoms with Crippen molar-refractivity contribution in [3.63, 3.8) is 0 Å². The molecule has 0 bridgehead atoms. The Kier molecular flexibility index (Phi) is 4.04. The van der Waals surface area contributed by atoms with Gasteiger partial charge in [-0.2, -0.15) is 0 Å². The van der Waals surface area contributed by atoms with E-state index in [4.69, 9.17) is 22.1 Å². The van der Waals surface area contributed by atoms with E-state index in [1.54, 1.807) is 12.3 Å². The maximum absolute atomic E-state index is 6.23. The van der Waals surface area contributed by atoms with Crippen LogP contribution in [0.3, 0.4) is 0 Å². The van der Waals surface area contributed by atoms with Crippen LogP contribution in [-0.2, 0) is 0 Å². The predicted octanol–water partition coefficient (Wildman–Crippen LogP) is 4.78. The normalized spacial score (nSPS) is 21.2. The van der Waals surface area contributed by atoms with Crippen LogP contribution in [0, 0.1) is 0 Å². The van der Waals surface area contributed by atoms with E-state index in [1.165, 1.54) is 0 Å². The smallest absolute Gasteiger partial charge is 0.143 e. The van der Waals surface area contributed by atoms with Crippen molar-refractivity contribution in [2.75, 3.05) is 0 Å². The minimum absolute atomic E-state index is 0.111. The molecule has 0 saturated heterocycles. The first-order valence-electron chi connectivity index (χ1n) is 6.07. The molecule has 0 radical (unpaired) electrons. The van der Waals surface area contributed by atoms with E-state index in [9.17, 15) is 0 Å². The van der Waals surface area contributed by atoms with Crippen LogP contribution < -0.4 is 10.5 Å². The van der Waals surface area contributed by atoms with Gasteiger partial charge in [0.05, 0.1) is 5.69 Å². The van der Waals surface area contributed by atoms with Gasteiger partial charge >= 0.3 is 0 Å². The summed E-state index contributed by atoms with van der Waals surface area (Å²) in [6.45, 7) is 0. The van der Waals surface area contributed by atoms with Gasteiger partial charge in [0.15, 0.2) is 0 Å². The van der Waals surface area contributed by atoms with Crippen molar-refractivity contribution in [1.82, 2.24) is 4.98 Å². The number of rotatable bonds is 1. The van der Waals surface area contributed by atoms with Gasteiger partial charge in [0, 0.05) is 38.2 Å². The number of nitrogens with two attached hydrogens (primary N) is 1. The lowest BCUT2D eigenvalue weighted by molar-refractivity contribution is 0.156. The standard InChI is InChI=1S/C14H11Br2ClN2O/c15-7-3-10(16)14(19-6-7)13-5-11(18)9-4-8(17)1-2-12(9)20-13/h1-4,6,11,13H,5,18H2/t11-,13?/m1/s1. The minimum Gasteiger partial charge on any atom is -0.484 e. The van der Waals surface area contributed by atoms with Crippen molar-refractivity contribution < 1.29 is 4.74 Å². The van der Waals surface area contributed by atoms with Crippen molar-refractivity contribution in [3.8, 4) is 5.75 Å². The molecule has 6 heteroatoms. The minimum atomic E-state index is -0.166. The lowest BCUT2D eigenvalue weighted by atomic mass is 9.95. The van der Waals surface area contributed by atoms with Crippen LogP contribution in [0.1, 0.15) is 29.8 Å². The Morgan fingerprint density at radius 1 is 1.30 bits per heavy atom. The van der Waals surface area contributed by atoms with Crippen LogP contribution in [0.15, 0.2) is 39.4 Å². The SMILES string of the molecule is N[C@@H]1CC(c2ncc(Br)cc2Br)Oc2ccc(Cl)cc21. The molecule has 0 spiro atoms. The summed E-state index contributed by atoms with van der Waals surface area (Å²) >= 11 is 12.9. The molecule has 2 heterocycles. The Labute approximate surface area is 138 Å². The van der Waals surface area contributed by atoms with Crippen LogP contribution in [0.2, 0.25) is 5.02 Å². The summed E-state index contributed by atoms with van der Waals surface area (Å²) in [5.41, 5.74) is 8.03. The maximum atomic E-state index is 6.23. The third-order valence-corrected chi connectivity index (χ3v) is 4.55. The number of nitrogens with zero attached hydrogens (tertiary/aromatic N) is 1. The summed E-state index contributed by atoms with van der Waals surface area (Å²) < 4.78 is 7.84. The molecule has 2 atom stereocenters. The van der Waals surface area contributed by atoms with Crippen LogP contribution in [0.4, 0.5) is 0 Å². The monoisotopic (exact) mass is 416 g/mol. The van der Waals surface area contributed by atoms with Gasteiger partial charge in [-0.3, -0.25) is 4.98 Å². The van der Waals surface area contributed by atoms with Crippen molar-refractivity contribution in [2.24, 2.45) is 5.73 Å². The molecule has 0 aliphatic carbocycles. The molecule has 1 aromatic heterocycles. The lowest BCUT2D eigenvalue weighted by Crippen LogP contribution is -2.25. The number of fused-ring (bicyclic) bond motifs is 1. The molecule has 1 aliphatic heterocycles. The summed E-state index contributed by atoms with van der Waals surface area (Å²) in [6.07, 6.45) is 2.26. The van der Waals surface area contributed by atoms with Gasteiger partial charge < -0.3 is 10.5 Å². The first-order chi connectivity index (χ1) is 9.54. The summed E-state index contributed by atoms with van der Waals surface area (Å²) in [4.78, 5) is 4.43. The fraction of sp³-hybridized carbons (Fsp3) is 0.214. The fourth-order valence-corrected chi connectivity index (χ4v) is 3.73. The van der Waals surface area contributed by atoms with Gasteiger partial charge in [0.2, 0.25) is 0 Å². The number of ether oxygens (including phenoxy) is 1. The second-order valence-corrected chi connectivity index (χ2v) is 6.86. The Bertz CT molecular complexity index is 666. The lowest BCUT2D eigenvalue weighted by Gasteiger charge is -2.30. The van der Waals surface area contributed by atoms with E-state index in [0.29, 0.717) is 11.4 Å². The van der Waals surface area contributed by atoms with Gasteiger partial charge in [0.25, 0.3) is 0 Å². The Morgan fingerprint density at radius 2 is 2.10 bits per heavy atom. The summed E-state index contributed by atoms with van der Waals surface area (Å²) in [6, 6.07) is 7.37. The molecule has 1 aromatic carbocycles. The Hall–Kier alpha value is -0.620. The molecule has 0 amide bonds. The molecule has 1 unspecified atom stereocenters. The predicted molar refractivity (Wildman–Crippen MR) is 86.0 cm³/mol. The van der Waals surface area contributed by atoms with Gasteiger partial charge in [0.1, 0.15) is 11.9 Å². The molecule has 2 N–H and O–H groups in total. The second kappa shape index (κ2) is 5.64. The number of pyridine rings is 1. The number of halogens is 3. The summed E-state index contributed by atoms with van der Waals surface area (Å²) in [5, 5.41) is 0.671. The fourth-order valence-electron chi connectivity index (χ4n) is 2.30. The van der Waals surface area contributed by atoms with Crippen LogP contribution in [0.5, 0.6) is 5.75 Å². The van der Waals surface area contributed by atoms with E-state index < -0.39 is 0 Å². The van der Waals surface area contributed by atoms with E-state index in [-0.39, 0.29) is 12.1 Å². The van der Waals surface area contributed by atoms with Crippen LogP contribution in [0.25, 0.3) is 0 Å². The van der Waals surface area contributed by atoms with Gasteiger partial charge in [-0.15, -0.1) is 0 Å². The number of aromatic nitrogens is 1. The van der Waals surface area contributed by atoms with E-state index in [2.05, 4.69) is 36.8 Å². The summed E-state index contributed by atoms with van der Waals surface area (Å²) in [5.74, 6) is 0.773. The van der Waals surface area contributed by atoms with Crippen molar-refractivity contribution in [3.05, 3.63) is 55.7 Å². The first-order valence-corrected chi connectivity index (χ1v) is 8.03. The van der Waals surface area contributed by atoms with Crippen molar-refractivity contribution >= 4 is 43.5 Å². The zero-order valence-corrected chi connectivity index (χ0v) is 14.2. The van der Waals surface area contributed by atoms with Gasteiger partial charge in [-0.25, -0.2) is 0 Å². The number of hydrogen-bond acceptors (Lipinski definition) is 3. The van der Waals surface area contributed by atoms with Crippen molar-refractivity contribution in [2.45, 2.75) is 18.6 Å². The molecule has 1 aliphatic rings. The number of hydrogen-bond donors (Lipinski definition) is 1. The van der Waals surface area contributed by atoms with E-state index >= 15 is 0 Å². The average Bonchev–Trinajstić information content (AvgIpc) is 2.39. The van der Waals surface area contributed by atoms with Crippen LogP contribution >= 0.6 is 43.5 Å². The largest absolute Gasteiger partial charge is 0.484 e. The molecule has 104 valence electrons. The summed E-state index contributed by atoms with van der Waals surface area (Å²) in [7, 11) is 0. The molecule has 0 saturated carbocycles. The zero-order valence-electron chi connectivity index (χ0n) is 10.3. The number of benzene rings is 1. The third kappa shape index (κ3) is 2.72. The third-order valence-electron chi connectivity index (χ3n) is 3.25. The average molecular weight is 419 g/mol. The zero-order chi connectivity index (χ0) is 14.3. The maximum Gasteiger partial charge on any atom is 0.143 e. The van der Waals surface area contributed by atoms with E-state index in [1.807, 2.05) is 18.2 Å². The second-order valence-electron chi connectivity index (χ2n) is 4.65. The Balaban J connectivity index is 1.97. The molecule has 3 nitrogen and oxygen atoms in total. The Morgan fingerprint density at radius 3 is 2.85 bits per heavy atom. The molecule has 0 fully saturated rings. The van der Waals surface area contributed by atoms with Crippen LogP contribution in [-0.4, -0.2) is 4.98 Å². The van der Waals surface area contributed by atoms with Gasteiger partial charge in [-0.1, -0.05) is 11.6 Å². The van der Waals surface area contributed by atoms with Crippen molar-refractivity contribution in [1.29, 1.82) is 0 Å². The highest BCUT2D eigenvalue weighted by Gasteiger charge is 2.29. The highest BCUT2D eigenvalue weighted by Crippen LogP contribution is 2.41. The topological polar surface area (TPSA) is 48.1 Å². The molecule has 2 aromatic rings. The molecule has 3 rings (SSSR count). The molecule has 20 heavy (non-hydrogen) atoms. The molecular weight excluding hydrogens is 407 g/mol. The highest BCUT2D eigenvalue weighted by molar-refractivity contribution is 9.11.